The Bertz CT molecular complexity index is 539. The van der Waals surface area contributed by atoms with E-state index in [2.05, 4.69) is 22.8 Å². The predicted octanol–water partition coefficient (Wildman–Crippen LogP) is 3.33. The average Bonchev–Trinajstić information content (AvgIpc) is 3.16. The van der Waals surface area contributed by atoms with Gasteiger partial charge >= 0.3 is 0 Å². The lowest BCUT2D eigenvalue weighted by atomic mass is 9.79. The SMILES string of the molecule is COCC1(CNC(=O)c2ccc(C3SCCS3)cc2)CCNCC1.Cl. The molecular formula is C18H27ClN2O2S2. The van der Waals surface area contributed by atoms with Gasteiger partial charge in [-0.15, -0.1) is 35.9 Å². The van der Waals surface area contributed by atoms with Crippen molar-refractivity contribution in [3.8, 4) is 0 Å². The third-order valence-corrected chi connectivity index (χ3v) is 7.91. The van der Waals surface area contributed by atoms with Gasteiger partial charge in [0.25, 0.3) is 5.91 Å². The molecule has 25 heavy (non-hydrogen) atoms. The van der Waals surface area contributed by atoms with Crippen LogP contribution in [-0.4, -0.2) is 50.8 Å². The molecule has 0 unspecified atom stereocenters. The summed E-state index contributed by atoms with van der Waals surface area (Å²) in [7, 11) is 1.74. The van der Waals surface area contributed by atoms with Gasteiger partial charge in [0.15, 0.2) is 0 Å². The molecule has 0 radical (unpaired) electrons. The molecule has 140 valence electrons. The number of hydrogen-bond acceptors (Lipinski definition) is 5. The van der Waals surface area contributed by atoms with Crippen molar-refractivity contribution in [2.75, 3.05) is 44.9 Å². The first-order chi connectivity index (χ1) is 11.7. The van der Waals surface area contributed by atoms with Crippen LogP contribution in [0.25, 0.3) is 0 Å². The minimum atomic E-state index is 0. The van der Waals surface area contributed by atoms with Crippen LogP contribution < -0.4 is 10.6 Å². The van der Waals surface area contributed by atoms with Crippen molar-refractivity contribution in [2.24, 2.45) is 5.41 Å². The number of methoxy groups -OCH3 is 1. The van der Waals surface area contributed by atoms with Gasteiger partial charge in [-0.25, -0.2) is 0 Å². The van der Waals surface area contributed by atoms with Crippen LogP contribution >= 0.6 is 35.9 Å². The number of rotatable bonds is 6. The van der Waals surface area contributed by atoms with E-state index in [1.54, 1.807) is 7.11 Å². The summed E-state index contributed by atoms with van der Waals surface area (Å²) in [6.45, 7) is 3.36. The fraction of sp³-hybridized carbons (Fsp3) is 0.611. The van der Waals surface area contributed by atoms with Gasteiger partial charge in [0.2, 0.25) is 0 Å². The van der Waals surface area contributed by atoms with E-state index in [9.17, 15) is 4.79 Å². The first kappa shape index (κ1) is 20.9. The Balaban J connectivity index is 0.00000225. The van der Waals surface area contributed by atoms with Crippen molar-refractivity contribution < 1.29 is 9.53 Å². The molecular weight excluding hydrogens is 376 g/mol. The second-order valence-electron chi connectivity index (χ2n) is 6.56. The van der Waals surface area contributed by atoms with Gasteiger partial charge in [0.1, 0.15) is 0 Å². The van der Waals surface area contributed by atoms with E-state index in [1.165, 1.54) is 17.1 Å². The number of amides is 1. The molecule has 0 saturated carbocycles. The molecule has 0 spiro atoms. The smallest absolute Gasteiger partial charge is 0.251 e. The number of piperidine rings is 1. The minimum absolute atomic E-state index is 0. The van der Waals surface area contributed by atoms with E-state index in [0.29, 0.717) is 17.7 Å². The lowest BCUT2D eigenvalue weighted by Gasteiger charge is -2.37. The quantitative estimate of drug-likeness (QED) is 0.764. The van der Waals surface area contributed by atoms with Crippen molar-refractivity contribution >= 4 is 41.8 Å². The molecule has 0 aromatic heterocycles. The average molecular weight is 403 g/mol. The third kappa shape index (κ3) is 5.54. The van der Waals surface area contributed by atoms with Gasteiger partial charge < -0.3 is 15.4 Å². The summed E-state index contributed by atoms with van der Waals surface area (Å²) in [5, 5.41) is 6.50. The molecule has 2 saturated heterocycles. The molecule has 3 rings (SSSR count). The summed E-state index contributed by atoms with van der Waals surface area (Å²) in [4.78, 5) is 12.5. The van der Waals surface area contributed by atoms with Crippen molar-refractivity contribution in [3.63, 3.8) is 0 Å². The zero-order valence-corrected chi connectivity index (χ0v) is 17.0. The molecule has 2 aliphatic rings. The second kappa shape index (κ2) is 10.1. The van der Waals surface area contributed by atoms with E-state index in [0.717, 1.165) is 31.5 Å². The van der Waals surface area contributed by atoms with Crippen LogP contribution in [0.5, 0.6) is 0 Å². The number of benzene rings is 1. The summed E-state index contributed by atoms with van der Waals surface area (Å²) in [5.74, 6) is 2.45. The van der Waals surface area contributed by atoms with Crippen LogP contribution in [0.2, 0.25) is 0 Å². The van der Waals surface area contributed by atoms with Crippen LogP contribution in [0.3, 0.4) is 0 Å². The number of carbonyl (C=O) groups excluding carboxylic acids is 1. The monoisotopic (exact) mass is 402 g/mol. The largest absolute Gasteiger partial charge is 0.384 e. The Morgan fingerprint density at radius 2 is 1.88 bits per heavy atom. The molecule has 2 heterocycles. The lowest BCUT2D eigenvalue weighted by Crippen LogP contribution is -2.47. The molecule has 1 aromatic rings. The standard InChI is InChI=1S/C18H26N2O2S2.ClH/c1-22-13-18(6-8-19-9-7-18)12-20-16(21)14-2-4-15(5-3-14)17-23-10-11-24-17;/h2-5,17,19H,6-13H2,1H3,(H,20,21);1H. The van der Waals surface area contributed by atoms with Gasteiger partial charge in [-0.1, -0.05) is 12.1 Å². The molecule has 7 heteroatoms. The summed E-state index contributed by atoms with van der Waals surface area (Å²) in [6, 6.07) is 8.10. The topological polar surface area (TPSA) is 50.4 Å². The van der Waals surface area contributed by atoms with E-state index in [1.807, 2.05) is 35.7 Å². The lowest BCUT2D eigenvalue weighted by molar-refractivity contribution is 0.0512. The van der Waals surface area contributed by atoms with Gasteiger partial charge in [0, 0.05) is 36.1 Å². The highest BCUT2D eigenvalue weighted by molar-refractivity contribution is 8.19. The summed E-state index contributed by atoms with van der Waals surface area (Å²) in [5.41, 5.74) is 2.12. The first-order valence-electron chi connectivity index (χ1n) is 8.53. The maximum Gasteiger partial charge on any atom is 0.251 e. The van der Waals surface area contributed by atoms with Gasteiger partial charge in [-0.05, 0) is 43.6 Å². The molecule has 1 aromatic carbocycles. The van der Waals surface area contributed by atoms with E-state index in [4.69, 9.17) is 4.74 Å². The van der Waals surface area contributed by atoms with E-state index >= 15 is 0 Å². The number of nitrogens with one attached hydrogen (secondary N) is 2. The van der Waals surface area contributed by atoms with Crippen LogP contribution in [0.15, 0.2) is 24.3 Å². The van der Waals surface area contributed by atoms with Crippen LogP contribution in [0.4, 0.5) is 0 Å². The Morgan fingerprint density at radius 1 is 1.24 bits per heavy atom. The molecule has 1 amide bonds. The van der Waals surface area contributed by atoms with Crippen molar-refractivity contribution in [2.45, 2.75) is 17.4 Å². The predicted molar refractivity (Wildman–Crippen MR) is 110 cm³/mol. The Kier molecular flexibility index (Phi) is 8.42. The maximum atomic E-state index is 12.5. The summed E-state index contributed by atoms with van der Waals surface area (Å²) >= 11 is 3.97. The molecule has 2 fully saturated rings. The normalized spacial score (nSPS) is 20.0. The Labute approximate surface area is 165 Å². The highest BCUT2D eigenvalue weighted by atomic mass is 35.5. The van der Waals surface area contributed by atoms with Gasteiger partial charge in [-0.3, -0.25) is 4.79 Å². The number of ether oxygens (including phenoxy) is 1. The van der Waals surface area contributed by atoms with Gasteiger partial charge in [0.05, 0.1) is 11.2 Å². The Morgan fingerprint density at radius 3 is 2.48 bits per heavy atom. The highest BCUT2D eigenvalue weighted by Crippen LogP contribution is 2.45. The van der Waals surface area contributed by atoms with Crippen molar-refractivity contribution in [3.05, 3.63) is 35.4 Å². The first-order valence-corrected chi connectivity index (χ1v) is 10.6. The molecule has 4 nitrogen and oxygen atoms in total. The van der Waals surface area contributed by atoms with Crippen LogP contribution in [0.1, 0.15) is 33.3 Å². The summed E-state index contributed by atoms with van der Waals surface area (Å²) in [6.07, 6.45) is 2.08. The maximum absolute atomic E-state index is 12.5. The van der Waals surface area contributed by atoms with Crippen molar-refractivity contribution in [1.29, 1.82) is 0 Å². The molecule has 0 aliphatic carbocycles. The molecule has 0 bridgehead atoms. The number of carbonyl (C=O) groups is 1. The fourth-order valence-electron chi connectivity index (χ4n) is 3.35. The van der Waals surface area contributed by atoms with Gasteiger partial charge in [-0.2, -0.15) is 0 Å². The number of thioether (sulfide) groups is 2. The number of halogens is 1. The van der Waals surface area contributed by atoms with Crippen LogP contribution in [-0.2, 0) is 4.74 Å². The van der Waals surface area contributed by atoms with E-state index in [-0.39, 0.29) is 23.7 Å². The molecule has 2 N–H and O–H groups in total. The molecule has 2 aliphatic heterocycles. The second-order valence-corrected chi connectivity index (χ2v) is 9.29. The van der Waals surface area contributed by atoms with E-state index < -0.39 is 0 Å². The molecule has 0 atom stereocenters. The zero-order valence-electron chi connectivity index (χ0n) is 14.6. The fourth-order valence-corrected chi connectivity index (χ4v) is 6.21. The minimum Gasteiger partial charge on any atom is -0.384 e. The third-order valence-electron chi connectivity index (χ3n) is 4.81. The van der Waals surface area contributed by atoms with Crippen LogP contribution in [0, 0.1) is 5.41 Å². The van der Waals surface area contributed by atoms with Crippen molar-refractivity contribution in [1.82, 2.24) is 10.6 Å². The zero-order chi connectivity index (χ0) is 16.8. The Hall–Kier alpha value is -0.400. The number of hydrogen-bond donors (Lipinski definition) is 2. The summed E-state index contributed by atoms with van der Waals surface area (Å²) < 4.78 is 5.94. The highest BCUT2D eigenvalue weighted by Gasteiger charge is 2.32.